The van der Waals surface area contributed by atoms with Gasteiger partial charge in [-0.05, 0) is 24.8 Å². The van der Waals surface area contributed by atoms with Gasteiger partial charge in [0, 0.05) is 18.2 Å². The Morgan fingerprint density at radius 3 is 2.68 bits per heavy atom. The average molecular weight is 291 g/mol. The van der Waals surface area contributed by atoms with Crippen LogP contribution < -0.4 is 0 Å². The summed E-state index contributed by atoms with van der Waals surface area (Å²) in [6, 6.07) is 8.34. The Labute approximate surface area is 128 Å². The van der Waals surface area contributed by atoms with Crippen molar-refractivity contribution < 1.29 is 4.79 Å². The molecule has 4 nitrogen and oxygen atoms in total. The van der Waals surface area contributed by atoms with Crippen LogP contribution in [0.5, 0.6) is 0 Å². The van der Waals surface area contributed by atoms with E-state index in [2.05, 4.69) is 43.2 Å². The molecule has 110 valence electrons. The van der Waals surface area contributed by atoms with Gasteiger partial charge in [0.25, 0.3) is 0 Å². The Balaban J connectivity index is 1.90. The van der Waals surface area contributed by atoms with Crippen LogP contribution in [0.4, 0.5) is 0 Å². The van der Waals surface area contributed by atoms with E-state index < -0.39 is 0 Å². The van der Waals surface area contributed by atoms with Crippen LogP contribution in [0.2, 0.25) is 0 Å². The van der Waals surface area contributed by atoms with E-state index in [0.29, 0.717) is 12.3 Å². The molecular formula is C18H17N3O. The van der Waals surface area contributed by atoms with Gasteiger partial charge < -0.3 is 0 Å². The second kappa shape index (κ2) is 4.77. The monoisotopic (exact) mass is 291 g/mol. The lowest BCUT2D eigenvalue weighted by Gasteiger charge is -2.19. The quantitative estimate of drug-likeness (QED) is 0.689. The Bertz CT molecular complexity index is 877. The molecule has 1 atom stereocenters. The molecule has 0 aliphatic heterocycles. The fraction of sp³-hybridized carbons (Fsp3) is 0.278. The van der Waals surface area contributed by atoms with Crippen LogP contribution in [0.15, 0.2) is 36.7 Å². The van der Waals surface area contributed by atoms with Crippen molar-refractivity contribution in [2.24, 2.45) is 5.92 Å². The number of nitrogens with zero attached hydrogens (tertiary/aromatic N) is 3. The van der Waals surface area contributed by atoms with Crippen LogP contribution in [-0.4, -0.2) is 20.4 Å². The highest BCUT2D eigenvalue weighted by Crippen LogP contribution is 2.28. The number of aryl methyl sites for hydroxylation is 1. The van der Waals surface area contributed by atoms with Crippen molar-refractivity contribution in [1.82, 2.24) is 14.6 Å². The lowest BCUT2D eigenvalue weighted by Crippen LogP contribution is -2.20. The molecule has 0 saturated carbocycles. The Morgan fingerprint density at radius 2 is 1.91 bits per heavy atom. The van der Waals surface area contributed by atoms with Crippen LogP contribution >= 0.6 is 0 Å². The highest BCUT2D eigenvalue weighted by molar-refractivity contribution is 5.98. The molecule has 0 amide bonds. The summed E-state index contributed by atoms with van der Waals surface area (Å²) < 4.78 is 1.72. The summed E-state index contributed by atoms with van der Waals surface area (Å²) in [6.07, 6.45) is 5.12. The number of carbonyl (C=O) groups is 1. The maximum absolute atomic E-state index is 12.2. The van der Waals surface area contributed by atoms with Crippen molar-refractivity contribution in [1.29, 1.82) is 0 Å². The molecule has 4 heteroatoms. The van der Waals surface area contributed by atoms with Crippen LogP contribution in [0.25, 0.3) is 16.8 Å². The van der Waals surface area contributed by atoms with E-state index in [1.165, 1.54) is 5.56 Å². The molecule has 1 unspecified atom stereocenters. The Kier molecular flexibility index (Phi) is 2.86. The lowest BCUT2D eigenvalue weighted by molar-refractivity contribution is 0.0951. The van der Waals surface area contributed by atoms with Crippen LogP contribution in [0.3, 0.4) is 0 Å². The highest BCUT2D eigenvalue weighted by atomic mass is 16.1. The van der Waals surface area contributed by atoms with Gasteiger partial charge in [0.1, 0.15) is 0 Å². The van der Waals surface area contributed by atoms with Crippen molar-refractivity contribution in [2.75, 3.05) is 0 Å². The van der Waals surface area contributed by atoms with E-state index in [0.717, 1.165) is 34.5 Å². The summed E-state index contributed by atoms with van der Waals surface area (Å²) in [4.78, 5) is 16.9. The first-order valence-electron chi connectivity index (χ1n) is 7.59. The molecule has 3 aromatic rings. The van der Waals surface area contributed by atoms with Crippen molar-refractivity contribution in [2.45, 2.75) is 26.7 Å². The number of hydrogen-bond acceptors (Lipinski definition) is 3. The number of ketones is 1. The van der Waals surface area contributed by atoms with Crippen molar-refractivity contribution in [3.05, 3.63) is 53.5 Å². The van der Waals surface area contributed by atoms with Crippen LogP contribution in [0, 0.1) is 12.8 Å². The third kappa shape index (κ3) is 2.03. The molecule has 2 aromatic heterocycles. The average Bonchev–Trinajstić information content (AvgIpc) is 2.89. The second-order valence-corrected chi connectivity index (χ2v) is 6.23. The molecule has 0 radical (unpaired) electrons. The lowest BCUT2D eigenvalue weighted by atomic mass is 9.88. The number of fused-ring (bicyclic) bond motifs is 2. The molecule has 1 aliphatic rings. The number of hydrogen-bond donors (Lipinski definition) is 0. The molecule has 0 fully saturated rings. The van der Waals surface area contributed by atoms with Crippen LogP contribution in [-0.2, 0) is 6.42 Å². The summed E-state index contributed by atoms with van der Waals surface area (Å²) >= 11 is 0. The minimum atomic E-state index is 0.176. The van der Waals surface area contributed by atoms with Gasteiger partial charge in [-0.1, -0.05) is 36.8 Å². The Hall–Kier alpha value is -2.49. The molecule has 0 bridgehead atoms. The van der Waals surface area contributed by atoms with Crippen molar-refractivity contribution >= 4 is 11.4 Å². The van der Waals surface area contributed by atoms with Gasteiger partial charge >= 0.3 is 0 Å². The molecule has 0 saturated heterocycles. The highest BCUT2D eigenvalue weighted by Gasteiger charge is 2.25. The Morgan fingerprint density at radius 1 is 1.14 bits per heavy atom. The van der Waals surface area contributed by atoms with Gasteiger partial charge in [-0.15, -0.1) is 0 Å². The summed E-state index contributed by atoms with van der Waals surface area (Å²) in [5.74, 6) is 0.538. The molecule has 2 heterocycles. The topological polar surface area (TPSA) is 47.3 Å². The van der Waals surface area contributed by atoms with Gasteiger partial charge in [-0.25, -0.2) is 9.50 Å². The smallest absolute Gasteiger partial charge is 0.166 e. The van der Waals surface area contributed by atoms with Gasteiger partial charge in [0.2, 0.25) is 0 Å². The molecule has 0 spiro atoms. The van der Waals surface area contributed by atoms with Crippen LogP contribution in [0.1, 0.15) is 35.0 Å². The summed E-state index contributed by atoms with van der Waals surface area (Å²) in [5.41, 5.74) is 5.79. The molecule has 1 aliphatic carbocycles. The van der Waals surface area contributed by atoms with Gasteiger partial charge in [-0.2, -0.15) is 5.10 Å². The maximum atomic E-state index is 12.2. The van der Waals surface area contributed by atoms with E-state index in [9.17, 15) is 4.79 Å². The van der Waals surface area contributed by atoms with E-state index >= 15 is 0 Å². The van der Waals surface area contributed by atoms with Crippen molar-refractivity contribution in [3.8, 4) is 11.1 Å². The third-order valence-corrected chi connectivity index (χ3v) is 4.31. The first kappa shape index (κ1) is 13.2. The molecular weight excluding hydrogens is 274 g/mol. The fourth-order valence-corrected chi connectivity index (χ4v) is 3.10. The number of aromatic nitrogens is 3. The molecule has 0 N–H and O–H groups in total. The third-order valence-electron chi connectivity index (χ3n) is 4.31. The van der Waals surface area contributed by atoms with E-state index in [1.54, 1.807) is 4.52 Å². The zero-order chi connectivity index (χ0) is 15.3. The molecule has 1 aromatic carbocycles. The predicted molar refractivity (Wildman–Crippen MR) is 85.0 cm³/mol. The number of rotatable bonds is 1. The fourth-order valence-electron chi connectivity index (χ4n) is 3.10. The second-order valence-electron chi connectivity index (χ2n) is 6.23. The first-order valence-corrected chi connectivity index (χ1v) is 7.59. The minimum absolute atomic E-state index is 0.176. The van der Waals surface area contributed by atoms with Gasteiger partial charge in [0.15, 0.2) is 11.4 Å². The summed E-state index contributed by atoms with van der Waals surface area (Å²) in [7, 11) is 0. The SMILES string of the molecule is Cc1ccc(-c2cnn3cc4c(nc23)CC(C)CC4=O)cc1. The normalized spacial score (nSPS) is 17.7. The standard InChI is InChI=1S/C18H17N3O/c1-11-3-5-13(6-4-11)14-9-19-21-10-15-16(20-18(14)21)7-12(2)8-17(15)22/h3-6,9-10,12H,7-8H2,1-2H3. The zero-order valence-electron chi connectivity index (χ0n) is 12.7. The van der Waals surface area contributed by atoms with Gasteiger partial charge in [-0.3, -0.25) is 4.79 Å². The van der Waals surface area contributed by atoms with E-state index in [1.807, 2.05) is 12.4 Å². The minimum Gasteiger partial charge on any atom is -0.294 e. The van der Waals surface area contributed by atoms with E-state index in [-0.39, 0.29) is 5.78 Å². The number of Topliss-reactive ketones (excluding diaryl/α,β-unsaturated/α-hetero) is 1. The van der Waals surface area contributed by atoms with E-state index in [4.69, 9.17) is 4.98 Å². The largest absolute Gasteiger partial charge is 0.294 e. The summed E-state index contributed by atoms with van der Waals surface area (Å²) in [5, 5.41) is 4.38. The van der Waals surface area contributed by atoms with Gasteiger partial charge in [0.05, 0.1) is 17.5 Å². The summed E-state index contributed by atoms with van der Waals surface area (Å²) in [6.45, 7) is 4.17. The number of carbonyl (C=O) groups excluding carboxylic acids is 1. The predicted octanol–water partition coefficient (Wildman–Crippen LogP) is 3.47. The zero-order valence-corrected chi connectivity index (χ0v) is 12.7. The maximum Gasteiger partial charge on any atom is 0.166 e. The molecule has 4 rings (SSSR count). The molecule has 22 heavy (non-hydrogen) atoms. The van der Waals surface area contributed by atoms with Crippen molar-refractivity contribution in [3.63, 3.8) is 0 Å². The number of benzene rings is 1. The first-order chi connectivity index (χ1) is 10.6.